The number of pyridine rings is 1. The van der Waals surface area contributed by atoms with Crippen molar-refractivity contribution >= 4 is 0 Å². The highest BCUT2D eigenvalue weighted by molar-refractivity contribution is 5.13. The van der Waals surface area contributed by atoms with Crippen LogP contribution in [0.25, 0.3) is 0 Å². The van der Waals surface area contributed by atoms with Gasteiger partial charge in [0.25, 0.3) is 0 Å². The number of nitrogens with one attached hydrogen (secondary N) is 1. The van der Waals surface area contributed by atoms with Crippen LogP contribution in [0.5, 0.6) is 0 Å². The van der Waals surface area contributed by atoms with Gasteiger partial charge in [-0.05, 0) is 68.2 Å². The zero-order chi connectivity index (χ0) is 11.7. The second-order valence-corrected chi connectivity index (χ2v) is 5.85. The molecule has 4 atom stereocenters. The maximum atomic E-state index is 4.07. The Bertz CT molecular complexity index is 362. The van der Waals surface area contributed by atoms with E-state index in [1.54, 1.807) is 0 Å². The molecule has 17 heavy (non-hydrogen) atoms. The molecule has 4 unspecified atom stereocenters. The van der Waals surface area contributed by atoms with Crippen LogP contribution in [0.1, 0.15) is 44.2 Å². The van der Waals surface area contributed by atoms with E-state index in [2.05, 4.69) is 29.4 Å². The molecule has 2 nitrogen and oxygen atoms in total. The van der Waals surface area contributed by atoms with E-state index in [0.29, 0.717) is 6.04 Å². The molecule has 0 aliphatic heterocycles. The molecule has 0 spiro atoms. The normalized spacial score (nSPS) is 32.9. The van der Waals surface area contributed by atoms with Crippen molar-refractivity contribution in [3.63, 3.8) is 0 Å². The van der Waals surface area contributed by atoms with Gasteiger partial charge in [-0.25, -0.2) is 0 Å². The van der Waals surface area contributed by atoms with Gasteiger partial charge in [0, 0.05) is 18.4 Å². The standard InChI is InChI=1S/C15H22N2/c1-11(13-4-6-16-7-5-13)17-10-15-9-12-2-3-14(15)8-12/h4-7,11-12,14-15,17H,2-3,8-10H2,1H3. The summed E-state index contributed by atoms with van der Waals surface area (Å²) in [7, 11) is 0. The molecule has 3 rings (SSSR count). The number of fused-ring (bicyclic) bond motifs is 2. The predicted molar refractivity (Wildman–Crippen MR) is 69.6 cm³/mol. The maximum Gasteiger partial charge on any atom is 0.0293 e. The minimum Gasteiger partial charge on any atom is -0.310 e. The van der Waals surface area contributed by atoms with Gasteiger partial charge in [-0.1, -0.05) is 6.42 Å². The van der Waals surface area contributed by atoms with Crippen LogP contribution in [-0.4, -0.2) is 11.5 Å². The molecule has 2 heteroatoms. The Kier molecular flexibility index (Phi) is 3.15. The van der Waals surface area contributed by atoms with Crippen LogP contribution in [0.15, 0.2) is 24.5 Å². The van der Waals surface area contributed by atoms with Crippen LogP contribution < -0.4 is 5.32 Å². The fraction of sp³-hybridized carbons (Fsp3) is 0.667. The van der Waals surface area contributed by atoms with Crippen molar-refractivity contribution < 1.29 is 0 Å². The third kappa shape index (κ3) is 2.37. The third-order valence-corrected chi connectivity index (χ3v) is 4.78. The zero-order valence-electron chi connectivity index (χ0n) is 10.6. The van der Waals surface area contributed by atoms with E-state index in [9.17, 15) is 0 Å². The van der Waals surface area contributed by atoms with Gasteiger partial charge >= 0.3 is 0 Å². The smallest absolute Gasteiger partial charge is 0.0293 e. The van der Waals surface area contributed by atoms with E-state index in [1.165, 1.54) is 37.8 Å². The summed E-state index contributed by atoms with van der Waals surface area (Å²) < 4.78 is 0. The van der Waals surface area contributed by atoms with Crippen LogP contribution >= 0.6 is 0 Å². The van der Waals surface area contributed by atoms with Crippen molar-refractivity contribution in [2.24, 2.45) is 17.8 Å². The second-order valence-electron chi connectivity index (χ2n) is 5.85. The average Bonchev–Trinajstić information content (AvgIpc) is 2.99. The highest BCUT2D eigenvalue weighted by atomic mass is 14.9. The Morgan fingerprint density at radius 3 is 2.76 bits per heavy atom. The molecule has 2 fully saturated rings. The molecule has 0 amide bonds. The SMILES string of the molecule is CC(NCC1CC2CCC1C2)c1ccncc1. The van der Waals surface area contributed by atoms with Gasteiger partial charge in [-0.15, -0.1) is 0 Å². The quantitative estimate of drug-likeness (QED) is 0.859. The van der Waals surface area contributed by atoms with E-state index >= 15 is 0 Å². The Morgan fingerprint density at radius 2 is 2.12 bits per heavy atom. The van der Waals surface area contributed by atoms with Gasteiger partial charge in [0.15, 0.2) is 0 Å². The first-order chi connectivity index (χ1) is 8.33. The molecule has 1 aromatic rings. The molecule has 2 aliphatic rings. The van der Waals surface area contributed by atoms with Gasteiger partial charge in [0.05, 0.1) is 0 Å². The lowest BCUT2D eigenvalue weighted by Crippen LogP contribution is -2.28. The van der Waals surface area contributed by atoms with E-state index in [0.717, 1.165) is 17.8 Å². The summed E-state index contributed by atoms with van der Waals surface area (Å²) in [6.07, 6.45) is 9.73. The minimum absolute atomic E-state index is 0.456. The Labute approximate surface area is 104 Å². The van der Waals surface area contributed by atoms with Gasteiger partial charge in [-0.2, -0.15) is 0 Å². The number of aromatic nitrogens is 1. The van der Waals surface area contributed by atoms with Crippen LogP contribution in [0, 0.1) is 17.8 Å². The highest BCUT2D eigenvalue weighted by Gasteiger charge is 2.39. The fourth-order valence-corrected chi connectivity index (χ4v) is 3.72. The third-order valence-electron chi connectivity index (χ3n) is 4.78. The van der Waals surface area contributed by atoms with E-state index in [1.807, 2.05) is 12.4 Å². The van der Waals surface area contributed by atoms with Crippen molar-refractivity contribution in [2.45, 2.75) is 38.6 Å². The summed E-state index contributed by atoms with van der Waals surface area (Å²) in [4.78, 5) is 4.07. The number of rotatable bonds is 4. The van der Waals surface area contributed by atoms with Gasteiger partial charge < -0.3 is 5.32 Å². The lowest BCUT2D eigenvalue weighted by molar-refractivity contribution is 0.309. The molecule has 1 aromatic heterocycles. The van der Waals surface area contributed by atoms with Gasteiger partial charge in [0.2, 0.25) is 0 Å². The van der Waals surface area contributed by atoms with Crippen LogP contribution in [-0.2, 0) is 0 Å². The van der Waals surface area contributed by atoms with Crippen molar-refractivity contribution in [1.29, 1.82) is 0 Å². The summed E-state index contributed by atoms with van der Waals surface area (Å²) in [5, 5.41) is 3.70. The number of hydrogen-bond donors (Lipinski definition) is 1. The largest absolute Gasteiger partial charge is 0.310 e. The lowest BCUT2D eigenvalue weighted by Gasteiger charge is -2.24. The molecular formula is C15H22N2. The van der Waals surface area contributed by atoms with Gasteiger partial charge in [0.1, 0.15) is 0 Å². The fourth-order valence-electron chi connectivity index (χ4n) is 3.72. The summed E-state index contributed by atoms with van der Waals surface area (Å²) in [6, 6.07) is 4.67. The minimum atomic E-state index is 0.456. The van der Waals surface area contributed by atoms with Gasteiger partial charge in [-0.3, -0.25) is 4.98 Å². The van der Waals surface area contributed by atoms with Crippen molar-refractivity contribution in [3.05, 3.63) is 30.1 Å². The second kappa shape index (κ2) is 4.77. The van der Waals surface area contributed by atoms with Crippen LogP contribution in [0.3, 0.4) is 0 Å². The first-order valence-electron chi connectivity index (χ1n) is 6.96. The zero-order valence-corrected chi connectivity index (χ0v) is 10.6. The van der Waals surface area contributed by atoms with Crippen molar-refractivity contribution in [2.75, 3.05) is 6.54 Å². The van der Waals surface area contributed by atoms with E-state index in [4.69, 9.17) is 0 Å². The Hall–Kier alpha value is -0.890. The Balaban J connectivity index is 1.51. The monoisotopic (exact) mass is 230 g/mol. The van der Waals surface area contributed by atoms with E-state index in [-0.39, 0.29) is 0 Å². The first kappa shape index (κ1) is 11.2. The molecule has 2 bridgehead atoms. The number of hydrogen-bond acceptors (Lipinski definition) is 2. The Morgan fingerprint density at radius 1 is 1.29 bits per heavy atom. The molecule has 2 saturated carbocycles. The molecule has 0 radical (unpaired) electrons. The molecule has 2 aliphatic carbocycles. The topological polar surface area (TPSA) is 24.9 Å². The van der Waals surface area contributed by atoms with Crippen molar-refractivity contribution in [1.82, 2.24) is 10.3 Å². The predicted octanol–water partition coefficient (Wildman–Crippen LogP) is 3.17. The molecule has 0 aromatic carbocycles. The van der Waals surface area contributed by atoms with Crippen LogP contribution in [0.4, 0.5) is 0 Å². The summed E-state index contributed by atoms with van der Waals surface area (Å²) in [6.45, 7) is 3.45. The summed E-state index contributed by atoms with van der Waals surface area (Å²) >= 11 is 0. The van der Waals surface area contributed by atoms with E-state index < -0.39 is 0 Å². The molecular weight excluding hydrogens is 208 g/mol. The molecule has 0 saturated heterocycles. The lowest BCUT2D eigenvalue weighted by atomic mass is 9.88. The highest BCUT2D eigenvalue weighted by Crippen LogP contribution is 2.48. The summed E-state index contributed by atoms with van der Waals surface area (Å²) in [5.74, 6) is 3.03. The molecule has 1 N–H and O–H groups in total. The number of nitrogens with zero attached hydrogens (tertiary/aromatic N) is 1. The van der Waals surface area contributed by atoms with Crippen molar-refractivity contribution in [3.8, 4) is 0 Å². The first-order valence-corrected chi connectivity index (χ1v) is 6.96. The van der Waals surface area contributed by atoms with Crippen LogP contribution in [0.2, 0.25) is 0 Å². The molecule has 92 valence electrons. The maximum absolute atomic E-state index is 4.07. The molecule has 1 heterocycles. The summed E-state index contributed by atoms with van der Waals surface area (Å²) in [5.41, 5.74) is 1.35. The average molecular weight is 230 g/mol.